The minimum atomic E-state index is -0.802. The molecular weight excluding hydrogens is 240 g/mol. The molecule has 0 aliphatic heterocycles. The number of nitrogens with zero attached hydrogens (tertiary/aromatic N) is 2. The molecule has 2 unspecified atom stereocenters. The van der Waals surface area contributed by atoms with Crippen molar-refractivity contribution in [3.8, 4) is 0 Å². The molecule has 6 heteroatoms. The van der Waals surface area contributed by atoms with Crippen LogP contribution in [0.25, 0.3) is 0 Å². The highest BCUT2D eigenvalue weighted by molar-refractivity contribution is 7.97. The number of carboxylic acids is 1. The Bertz CT molecular complexity index is 430. The molecule has 1 N–H and O–H groups in total. The van der Waals surface area contributed by atoms with E-state index in [0.717, 1.165) is 0 Å². The van der Waals surface area contributed by atoms with Crippen LogP contribution in [0, 0.1) is 5.92 Å². The predicted octanol–water partition coefficient (Wildman–Crippen LogP) is 2.07. The first-order valence-corrected chi connectivity index (χ1v) is 6.81. The second kappa shape index (κ2) is 5.35. The molecule has 0 radical (unpaired) electrons. The second-order valence-electron chi connectivity index (χ2n) is 3.98. The first-order chi connectivity index (χ1) is 8.22. The van der Waals surface area contributed by atoms with Crippen molar-refractivity contribution in [1.29, 1.82) is 0 Å². The molecule has 17 heavy (non-hydrogen) atoms. The van der Waals surface area contributed by atoms with E-state index in [-0.39, 0.29) is 5.92 Å². The van der Waals surface area contributed by atoms with Crippen LogP contribution < -0.4 is 0 Å². The summed E-state index contributed by atoms with van der Waals surface area (Å²) in [5.74, 6) is 0.313. The molecule has 1 aliphatic carbocycles. The number of carboxylic acid groups (broad SMARTS) is 1. The molecule has 0 saturated carbocycles. The Balaban J connectivity index is 2.18. The van der Waals surface area contributed by atoms with Crippen LogP contribution in [0.1, 0.15) is 30.5 Å². The van der Waals surface area contributed by atoms with Gasteiger partial charge in [0.1, 0.15) is 0 Å². The molecule has 0 saturated heterocycles. The van der Waals surface area contributed by atoms with Crippen LogP contribution in [-0.2, 0) is 10.5 Å². The lowest BCUT2D eigenvalue weighted by molar-refractivity contribution is -0.142. The Labute approximate surface area is 103 Å². The van der Waals surface area contributed by atoms with Gasteiger partial charge in [0.15, 0.2) is 5.82 Å². The lowest BCUT2D eigenvalue weighted by Crippen LogP contribution is -2.23. The maximum atomic E-state index is 11.1. The number of allylic oxidation sites excluding steroid dienone is 2. The minimum Gasteiger partial charge on any atom is -0.481 e. The summed E-state index contributed by atoms with van der Waals surface area (Å²) < 4.78 is 5.17. The molecular formula is C11H14N2O3S. The normalized spacial score (nSPS) is 23.8. The summed E-state index contributed by atoms with van der Waals surface area (Å²) in [6.07, 6.45) is 7.01. The molecule has 1 aromatic heterocycles. The van der Waals surface area contributed by atoms with Crippen LogP contribution in [-0.4, -0.2) is 27.5 Å². The highest BCUT2D eigenvalue weighted by Gasteiger charge is 2.33. The van der Waals surface area contributed by atoms with Gasteiger partial charge in [0, 0.05) is 0 Å². The topological polar surface area (TPSA) is 76.2 Å². The maximum absolute atomic E-state index is 11.1. The molecule has 0 bridgehead atoms. The highest BCUT2D eigenvalue weighted by Crippen LogP contribution is 2.33. The van der Waals surface area contributed by atoms with Crippen LogP contribution in [0.3, 0.4) is 0 Å². The van der Waals surface area contributed by atoms with Crippen molar-refractivity contribution in [3.05, 3.63) is 23.9 Å². The van der Waals surface area contributed by atoms with Crippen molar-refractivity contribution in [2.45, 2.75) is 24.5 Å². The molecule has 1 aromatic rings. The fraction of sp³-hybridized carbons (Fsp3) is 0.545. The van der Waals surface area contributed by atoms with Gasteiger partial charge in [-0.25, -0.2) is 0 Å². The maximum Gasteiger partial charge on any atom is 0.307 e. The first-order valence-electron chi connectivity index (χ1n) is 5.41. The van der Waals surface area contributed by atoms with Gasteiger partial charge < -0.3 is 9.63 Å². The lowest BCUT2D eigenvalue weighted by atomic mass is 9.83. The van der Waals surface area contributed by atoms with E-state index in [1.54, 1.807) is 11.8 Å². The van der Waals surface area contributed by atoms with E-state index in [9.17, 15) is 4.79 Å². The average Bonchev–Trinajstić information content (AvgIpc) is 2.78. The second-order valence-corrected chi connectivity index (χ2v) is 4.84. The summed E-state index contributed by atoms with van der Waals surface area (Å²) in [5.41, 5.74) is 0. The van der Waals surface area contributed by atoms with Gasteiger partial charge in [-0.15, -0.1) is 0 Å². The van der Waals surface area contributed by atoms with E-state index in [1.807, 2.05) is 18.4 Å². The molecule has 1 aliphatic rings. The van der Waals surface area contributed by atoms with Gasteiger partial charge in [-0.2, -0.15) is 16.7 Å². The summed E-state index contributed by atoms with van der Waals surface area (Å²) in [4.78, 5) is 15.4. The quantitative estimate of drug-likeness (QED) is 0.829. The van der Waals surface area contributed by atoms with Crippen LogP contribution in [0.2, 0.25) is 0 Å². The molecule has 0 spiro atoms. The van der Waals surface area contributed by atoms with Crippen LogP contribution in [0.15, 0.2) is 16.7 Å². The smallest absolute Gasteiger partial charge is 0.307 e. The number of rotatable bonds is 4. The van der Waals surface area contributed by atoms with Crippen molar-refractivity contribution in [2.24, 2.45) is 5.92 Å². The van der Waals surface area contributed by atoms with E-state index in [0.29, 0.717) is 30.3 Å². The van der Waals surface area contributed by atoms with E-state index < -0.39 is 11.9 Å². The van der Waals surface area contributed by atoms with Crippen molar-refractivity contribution < 1.29 is 14.4 Å². The number of carbonyl (C=O) groups is 1. The van der Waals surface area contributed by atoms with E-state index in [2.05, 4.69) is 10.1 Å². The van der Waals surface area contributed by atoms with Gasteiger partial charge in [-0.3, -0.25) is 4.79 Å². The van der Waals surface area contributed by atoms with Crippen molar-refractivity contribution in [2.75, 3.05) is 6.26 Å². The van der Waals surface area contributed by atoms with Gasteiger partial charge in [0.2, 0.25) is 5.89 Å². The molecule has 2 rings (SSSR count). The molecule has 0 fully saturated rings. The van der Waals surface area contributed by atoms with Gasteiger partial charge in [0.05, 0.1) is 17.6 Å². The van der Waals surface area contributed by atoms with Gasteiger partial charge >= 0.3 is 5.97 Å². The standard InChI is InChI=1S/C11H14N2O3S/c1-17-6-9-12-10(16-13-9)7-4-2-3-5-8(7)11(14)15/h2-3,7-8H,4-6H2,1H3,(H,14,15). The molecule has 1 heterocycles. The Morgan fingerprint density at radius 3 is 3.06 bits per heavy atom. The van der Waals surface area contributed by atoms with Gasteiger partial charge in [-0.1, -0.05) is 17.3 Å². The third-order valence-corrected chi connectivity index (χ3v) is 3.37. The zero-order valence-electron chi connectivity index (χ0n) is 9.50. The average molecular weight is 254 g/mol. The summed E-state index contributed by atoms with van der Waals surface area (Å²) >= 11 is 1.61. The zero-order valence-corrected chi connectivity index (χ0v) is 10.3. The number of hydrogen-bond donors (Lipinski definition) is 1. The zero-order chi connectivity index (χ0) is 12.3. The highest BCUT2D eigenvalue weighted by atomic mass is 32.2. The Morgan fingerprint density at radius 1 is 1.59 bits per heavy atom. The number of aromatic nitrogens is 2. The largest absolute Gasteiger partial charge is 0.481 e. The van der Waals surface area contributed by atoms with Crippen molar-refractivity contribution in [3.63, 3.8) is 0 Å². The number of aliphatic carboxylic acids is 1. The van der Waals surface area contributed by atoms with Crippen LogP contribution >= 0.6 is 11.8 Å². The van der Waals surface area contributed by atoms with Crippen LogP contribution in [0.5, 0.6) is 0 Å². The predicted molar refractivity (Wildman–Crippen MR) is 63.8 cm³/mol. The number of thioether (sulfide) groups is 1. The first kappa shape index (κ1) is 12.2. The summed E-state index contributed by atoms with van der Waals surface area (Å²) in [7, 11) is 0. The molecule has 92 valence electrons. The van der Waals surface area contributed by atoms with Crippen LogP contribution in [0.4, 0.5) is 0 Å². The molecule has 0 aromatic carbocycles. The Hall–Kier alpha value is -1.30. The SMILES string of the molecule is CSCc1noc(C2CC=CCC2C(=O)O)n1. The Morgan fingerprint density at radius 2 is 2.35 bits per heavy atom. The third kappa shape index (κ3) is 2.69. The van der Waals surface area contributed by atoms with E-state index in [4.69, 9.17) is 9.63 Å². The van der Waals surface area contributed by atoms with E-state index in [1.165, 1.54) is 0 Å². The van der Waals surface area contributed by atoms with Crippen molar-refractivity contribution in [1.82, 2.24) is 10.1 Å². The minimum absolute atomic E-state index is 0.194. The fourth-order valence-electron chi connectivity index (χ4n) is 1.97. The third-order valence-electron chi connectivity index (χ3n) is 2.82. The van der Waals surface area contributed by atoms with E-state index >= 15 is 0 Å². The fourth-order valence-corrected chi connectivity index (χ4v) is 2.34. The van der Waals surface area contributed by atoms with Crippen molar-refractivity contribution >= 4 is 17.7 Å². The van der Waals surface area contributed by atoms with Gasteiger partial charge in [-0.05, 0) is 19.1 Å². The van der Waals surface area contributed by atoms with Gasteiger partial charge in [0.25, 0.3) is 0 Å². The molecule has 0 amide bonds. The lowest BCUT2D eigenvalue weighted by Gasteiger charge is -2.21. The number of hydrogen-bond acceptors (Lipinski definition) is 5. The summed E-state index contributed by atoms with van der Waals surface area (Å²) in [6.45, 7) is 0. The molecule has 5 nitrogen and oxygen atoms in total. The Kier molecular flexibility index (Phi) is 3.83. The molecule has 2 atom stereocenters. The summed E-state index contributed by atoms with van der Waals surface area (Å²) in [6, 6.07) is 0. The summed E-state index contributed by atoms with van der Waals surface area (Å²) in [5, 5.41) is 13.0. The monoisotopic (exact) mass is 254 g/mol.